The van der Waals surface area contributed by atoms with Crippen LogP contribution < -0.4 is 4.74 Å². The highest BCUT2D eigenvalue weighted by Gasteiger charge is 2.27. The van der Waals surface area contributed by atoms with Gasteiger partial charge in [-0.15, -0.1) is 0 Å². The summed E-state index contributed by atoms with van der Waals surface area (Å²) < 4.78 is 5.29. The number of carboxylic acids is 1. The van der Waals surface area contributed by atoms with Crippen LogP contribution in [0.2, 0.25) is 0 Å². The van der Waals surface area contributed by atoms with E-state index in [9.17, 15) is 19.5 Å². The lowest BCUT2D eigenvalue weighted by Crippen LogP contribution is -2.21. The molecule has 0 unspecified atom stereocenters. The van der Waals surface area contributed by atoms with Crippen molar-refractivity contribution >= 4 is 23.1 Å². The number of carbonyl (C=O) groups excluding carboxylic acids is 2. The molecule has 2 aromatic rings. The molecule has 6 nitrogen and oxygen atoms in total. The number of carboxylic acid groups (broad SMARTS) is 1. The summed E-state index contributed by atoms with van der Waals surface area (Å²) in [5, 5.41) is 9.27. The second-order valence-electron chi connectivity index (χ2n) is 5.72. The summed E-state index contributed by atoms with van der Waals surface area (Å²) in [6.45, 7) is 0. The number of benzene rings is 2. The molecule has 2 aromatic carbocycles. The first-order valence-corrected chi connectivity index (χ1v) is 7.79. The van der Waals surface area contributed by atoms with Gasteiger partial charge in [-0.25, -0.2) is 4.79 Å². The summed E-state index contributed by atoms with van der Waals surface area (Å²) in [7, 11) is 4.91. The first-order chi connectivity index (χ1) is 12.4. The minimum atomic E-state index is -1.27. The van der Waals surface area contributed by atoms with Crippen LogP contribution in [0.4, 0.5) is 0 Å². The lowest BCUT2D eigenvalue weighted by molar-refractivity contribution is -0.110. The van der Waals surface area contributed by atoms with Gasteiger partial charge >= 0.3 is 5.97 Å². The highest BCUT2D eigenvalue weighted by atomic mass is 16.5. The molecule has 134 valence electrons. The van der Waals surface area contributed by atoms with E-state index in [0.717, 1.165) is 0 Å². The van der Waals surface area contributed by atoms with E-state index in [0.29, 0.717) is 11.3 Å². The van der Waals surface area contributed by atoms with Gasteiger partial charge in [0, 0.05) is 31.4 Å². The van der Waals surface area contributed by atoms with Crippen molar-refractivity contribution in [3.63, 3.8) is 0 Å². The number of hydrogen-bond acceptors (Lipinski definition) is 5. The SMILES string of the molecule is COc1ccccc1/C(=C\N(C)C)C(=O)C(=O)c1ccccc1C(=O)O. The van der Waals surface area contributed by atoms with Gasteiger partial charge in [0.25, 0.3) is 0 Å². The summed E-state index contributed by atoms with van der Waals surface area (Å²) >= 11 is 0. The zero-order chi connectivity index (χ0) is 19.3. The summed E-state index contributed by atoms with van der Waals surface area (Å²) in [4.78, 5) is 38.7. The lowest BCUT2D eigenvalue weighted by Gasteiger charge is -2.14. The fourth-order valence-corrected chi connectivity index (χ4v) is 2.49. The Hall–Kier alpha value is -3.41. The zero-order valence-corrected chi connectivity index (χ0v) is 14.7. The Bertz CT molecular complexity index is 883. The monoisotopic (exact) mass is 353 g/mol. The third-order valence-electron chi connectivity index (χ3n) is 3.64. The quantitative estimate of drug-likeness (QED) is 0.468. The van der Waals surface area contributed by atoms with Crippen LogP contribution in [0.5, 0.6) is 5.75 Å². The Morgan fingerprint density at radius 2 is 1.46 bits per heavy atom. The van der Waals surface area contributed by atoms with Crippen LogP contribution in [-0.2, 0) is 4.79 Å². The molecule has 0 radical (unpaired) electrons. The summed E-state index contributed by atoms with van der Waals surface area (Å²) in [6, 6.07) is 12.5. The molecular formula is C20H19NO5. The number of ketones is 2. The van der Waals surface area contributed by atoms with Gasteiger partial charge in [-0.3, -0.25) is 9.59 Å². The highest BCUT2D eigenvalue weighted by Crippen LogP contribution is 2.28. The van der Waals surface area contributed by atoms with Gasteiger partial charge in [0.15, 0.2) is 0 Å². The minimum Gasteiger partial charge on any atom is -0.496 e. The molecule has 0 heterocycles. The normalized spacial score (nSPS) is 11.0. The molecular weight excluding hydrogens is 334 g/mol. The third-order valence-corrected chi connectivity index (χ3v) is 3.64. The van der Waals surface area contributed by atoms with Crippen molar-refractivity contribution in [2.45, 2.75) is 0 Å². The molecule has 26 heavy (non-hydrogen) atoms. The summed E-state index contributed by atoms with van der Waals surface area (Å²) in [6.07, 6.45) is 1.52. The maximum atomic E-state index is 12.9. The first kappa shape index (κ1) is 18.9. The van der Waals surface area contributed by atoms with E-state index in [2.05, 4.69) is 0 Å². The van der Waals surface area contributed by atoms with Gasteiger partial charge in [0.1, 0.15) is 5.75 Å². The Morgan fingerprint density at radius 1 is 0.923 bits per heavy atom. The van der Waals surface area contributed by atoms with Crippen LogP contribution in [0.15, 0.2) is 54.7 Å². The molecule has 0 bridgehead atoms. The molecule has 0 aliphatic rings. The van der Waals surface area contributed by atoms with Gasteiger partial charge in [-0.2, -0.15) is 0 Å². The molecule has 0 saturated carbocycles. The van der Waals surface area contributed by atoms with Crippen molar-refractivity contribution in [3.05, 3.63) is 71.4 Å². The van der Waals surface area contributed by atoms with E-state index in [1.54, 1.807) is 43.3 Å². The number of allylic oxidation sites excluding steroid dienone is 1. The molecule has 0 aliphatic heterocycles. The second-order valence-corrected chi connectivity index (χ2v) is 5.72. The standard InChI is InChI=1S/C20H19NO5/c1-21(2)12-16(13-8-6-7-11-17(13)26-3)19(23)18(22)14-9-4-5-10-15(14)20(24)25/h4-12H,1-3H3,(H,24,25)/b16-12+. The van der Waals surface area contributed by atoms with Crippen LogP contribution in [0.3, 0.4) is 0 Å². The molecule has 6 heteroatoms. The second kappa shape index (κ2) is 8.11. The third kappa shape index (κ3) is 3.97. The Labute approximate surface area is 151 Å². The van der Waals surface area contributed by atoms with Crippen LogP contribution in [-0.4, -0.2) is 48.7 Å². The fourth-order valence-electron chi connectivity index (χ4n) is 2.49. The fraction of sp³-hybridized carbons (Fsp3) is 0.150. The van der Waals surface area contributed by atoms with E-state index in [1.165, 1.54) is 37.6 Å². The highest BCUT2D eigenvalue weighted by molar-refractivity contribution is 6.58. The molecule has 1 N–H and O–H groups in total. The maximum Gasteiger partial charge on any atom is 0.336 e. The largest absolute Gasteiger partial charge is 0.496 e. The summed E-state index contributed by atoms with van der Waals surface area (Å²) in [5.41, 5.74) is 0.215. The van der Waals surface area contributed by atoms with E-state index in [-0.39, 0.29) is 16.7 Å². The minimum absolute atomic E-state index is 0.123. The number of para-hydroxylation sites is 1. The van der Waals surface area contributed by atoms with Crippen LogP contribution in [0, 0.1) is 0 Å². The van der Waals surface area contributed by atoms with Gasteiger partial charge in [-0.05, 0) is 12.1 Å². The average Bonchev–Trinajstić information content (AvgIpc) is 2.64. The topological polar surface area (TPSA) is 83.9 Å². The number of ether oxygens (including phenoxy) is 1. The van der Waals surface area contributed by atoms with E-state index >= 15 is 0 Å². The van der Waals surface area contributed by atoms with Crippen LogP contribution in [0.25, 0.3) is 5.57 Å². The average molecular weight is 353 g/mol. The number of nitrogens with zero attached hydrogens (tertiary/aromatic N) is 1. The van der Waals surface area contributed by atoms with E-state index in [1.807, 2.05) is 0 Å². The zero-order valence-electron chi connectivity index (χ0n) is 14.7. The first-order valence-electron chi connectivity index (χ1n) is 7.79. The van der Waals surface area contributed by atoms with Crippen molar-refractivity contribution in [1.29, 1.82) is 0 Å². The maximum absolute atomic E-state index is 12.9. The molecule has 0 fully saturated rings. The molecule has 0 saturated heterocycles. The number of rotatable bonds is 7. The van der Waals surface area contributed by atoms with Gasteiger partial charge < -0.3 is 14.7 Å². The molecule has 0 spiro atoms. The smallest absolute Gasteiger partial charge is 0.336 e. The molecule has 0 amide bonds. The van der Waals surface area contributed by atoms with Crippen molar-refractivity contribution < 1.29 is 24.2 Å². The van der Waals surface area contributed by atoms with Crippen LogP contribution in [0.1, 0.15) is 26.3 Å². The predicted molar refractivity (Wildman–Crippen MR) is 97.4 cm³/mol. The number of Topliss-reactive ketones (excluding diaryl/α,β-unsaturated/α-hetero) is 2. The van der Waals surface area contributed by atoms with Gasteiger partial charge in [0.05, 0.1) is 18.2 Å². The lowest BCUT2D eigenvalue weighted by atomic mass is 9.93. The Morgan fingerprint density at radius 3 is 2.00 bits per heavy atom. The van der Waals surface area contributed by atoms with Crippen molar-refractivity contribution in [2.24, 2.45) is 0 Å². The van der Waals surface area contributed by atoms with Crippen molar-refractivity contribution in [1.82, 2.24) is 4.90 Å². The Balaban J connectivity index is 2.56. The van der Waals surface area contributed by atoms with Gasteiger partial charge in [0.2, 0.25) is 11.6 Å². The molecule has 0 atom stereocenters. The van der Waals surface area contributed by atoms with E-state index in [4.69, 9.17) is 4.74 Å². The number of hydrogen-bond donors (Lipinski definition) is 1. The number of methoxy groups -OCH3 is 1. The molecule has 0 aromatic heterocycles. The Kier molecular flexibility index (Phi) is 5.90. The number of aromatic carboxylic acids is 1. The summed E-state index contributed by atoms with van der Waals surface area (Å²) in [5.74, 6) is -2.52. The van der Waals surface area contributed by atoms with Crippen molar-refractivity contribution in [2.75, 3.05) is 21.2 Å². The van der Waals surface area contributed by atoms with Crippen molar-refractivity contribution in [3.8, 4) is 5.75 Å². The van der Waals surface area contributed by atoms with Gasteiger partial charge in [-0.1, -0.05) is 36.4 Å². The number of carbonyl (C=O) groups is 3. The van der Waals surface area contributed by atoms with E-state index < -0.39 is 17.5 Å². The van der Waals surface area contributed by atoms with Crippen LogP contribution >= 0.6 is 0 Å². The molecule has 2 rings (SSSR count). The molecule has 0 aliphatic carbocycles. The predicted octanol–water partition coefficient (Wildman–Crippen LogP) is 2.75.